The van der Waals surface area contributed by atoms with Gasteiger partial charge < -0.3 is 15.5 Å². The van der Waals surface area contributed by atoms with E-state index < -0.39 is 11.7 Å². The highest BCUT2D eigenvalue weighted by Gasteiger charge is 2.32. The molecule has 2 amide bonds. The predicted molar refractivity (Wildman–Crippen MR) is 103 cm³/mol. The second kappa shape index (κ2) is 7.92. The standard InChI is InChI=1S/C20H20F3N5O2/c21-20(22,23)14-3-4-17(25-10-14)28-8-6-15(11-28)26-19(30)13-5-7-24-16(9-13)27-18(29)12-1-2-12/h3-5,7,9-10,12,15H,1-2,6,8,11H2,(H,26,30)(H,24,27,29). The molecule has 0 bridgehead atoms. The average Bonchev–Trinajstić information content (AvgIpc) is 3.47. The van der Waals surface area contributed by atoms with E-state index in [9.17, 15) is 22.8 Å². The summed E-state index contributed by atoms with van der Waals surface area (Å²) in [5.41, 5.74) is -0.417. The van der Waals surface area contributed by atoms with Crippen LogP contribution in [0.1, 0.15) is 35.2 Å². The third kappa shape index (κ3) is 4.69. The molecule has 7 nitrogen and oxygen atoms in total. The second-order valence-corrected chi connectivity index (χ2v) is 7.50. The van der Waals surface area contributed by atoms with Gasteiger partial charge in [-0.1, -0.05) is 0 Å². The van der Waals surface area contributed by atoms with Crippen molar-refractivity contribution in [3.63, 3.8) is 0 Å². The van der Waals surface area contributed by atoms with E-state index in [0.29, 0.717) is 36.7 Å². The van der Waals surface area contributed by atoms with Crippen LogP contribution < -0.4 is 15.5 Å². The number of pyridine rings is 2. The van der Waals surface area contributed by atoms with E-state index in [1.54, 1.807) is 6.07 Å². The number of amides is 2. The minimum absolute atomic E-state index is 0.0348. The van der Waals surface area contributed by atoms with Gasteiger partial charge in [-0.3, -0.25) is 9.59 Å². The Kier molecular flexibility index (Phi) is 5.31. The van der Waals surface area contributed by atoms with Crippen LogP contribution in [0.5, 0.6) is 0 Å². The number of carbonyl (C=O) groups excluding carboxylic acids is 2. The third-order valence-corrected chi connectivity index (χ3v) is 5.14. The van der Waals surface area contributed by atoms with Gasteiger partial charge in [-0.15, -0.1) is 0 Å². The van der Waals surface area contributed by atoms with E-state index >= 15 is 0 Å². The van der Waals surface area contributed by atoms with Gasteiger partial charge in [0.15, 0.2) is 0 Å². The summed E-state index contributed by atoms with van der Waals surface area (Å²) in [4.78, 5) is 34.2. The summed E-state index contributed by atoms with van der Waals surface area (Å²) >= 11 is 0. The van der Waals surface area contributed by atoms with Gasteiger partial charge in [0, 0.05) is 43.0 Å². The zero-order valence-electron chi connectivity index (χ0n) is 15.9. The number of aromatic nitrogens is 2. The fourth-order valence-corrected chi connectivity index (χ4v) is 3.31. The van der Waals surface area contributed by atoms with Crippen LogP contribution in [-0.4, -0.2) is 40.9 Å². The van der Waals surface area contributed by atoms with Crippen LogP contribution >= 0.6 is 0 Å². The van der Waals surface area contributed by atoms with Crippen LogP contribution in [-0.2, 0) is 11.0 Å². The maximum atomic E-state index is 12.7. The number of anilines is 2. The normalized spacial score (nSPS) is 18.9. The summed E-state index contributed by atoms with van der Waals surface area (Å²) in [5.74, 6) is 0.421. The van der Waals surface area contributed by atoms with Crippen molar-refractivity contribution in [1.29, 1.82) is 0 Å². The number of hydrogen-bond acceptors (Lipinski definition) is 5. The van der Waals surface area contributed by atoms with Gasteiger partial charge in [0.2, 0.25) is 5.91 Å². The predicted octanol–water partition coefficient (Wildman–Crippen LogP) is 2.85. The van der Waals surface area contributed by atoms with E-state index in [4.69, 9.17) is 0 Å². The van der Waals surface area contributed by atoms with E-state index in [0.717, 1.165) is 25.1 Å². The van der Waals surface area contributed by atoms with E-state index in [1.807, 2.05) is 4.90 Å². The molecule has 1 saturated carbocycles. The lowest BCUT2D eigenvalue weighted by atomic mass is 10.2. The number of carbonyl (C=O) groups is 2. The molecular formula is C20H20F3N5O2. The highest BCUT2D eigenvalue weighted by molar-refractivity contribution is 5.97. The Morgan fingerprint density at radius 1 is 1.10 bits per heavy atom. The van der Waals surface area contributed by atoms with Crippen LogP contribution in [0.3, 0.4) is 0 Å². The van der Waals surface area contributed by atoms with Crippen molar-refractivity contribution in [2.24, 2.45) is 5.92 Å². The molecule has 10 heteroatoms. The summed E-state index contributed by atoms with van der Waals surface area (Å²) in [7, 11) is 0. The zero-order chi connectivity index (χ0) is 21.3. The molecule has 158 valence electrons. The van der Waals surface area contributed by atoms with Gasteiger partial charge in [0.1, 0.15) is 11.6 Å². The first-order valence-corrected chi connectivity index (χ1v) is 9.65. The molecule has 2 aromatic heterocycles. The van der Waals surface area contributed by atoms with E-state index in [1.165, 1.54) is 18.3 Å². The monoisotopic (exact) mass is 419 g/mol. The maximum absolute atomic E-state index is 12.7. The third-order valence-electron chi connectivity index (χ3n) is 5.14. The first-order chi connectivity index (χ1) is 14.3. The van der Waals surface area contributed by atoms with Crippen LogP contribution in [0, 0.1) is 5.92 Å². The Morgan fingerprint density at radius 3 is 2.57 bits per heavy atom. The van der Waals surface area contributed by atoms with Crippen molar-refractivity contribution >= 4 is 23.5 Å². The van der Waals surface area contributed by atoms with Crippen LogP contribution in [0.2, 0.25) is 0 Å². The number of halogens is 3. The lowest BCUT2D eigenvalue weighted by molar-refractivity contribution is -0.137. The summed E-state index contributed by atoms with van der Waals surface area (Å²) < 4.78 is 38.0. The molecule has 4 rings (SSSR count). The summed E-state index contributed by atoms with van der Waals surface area (Å²) in [6.45, 7) is 1.02. The van der Waals surface area contributed by atoms with Gasteiger partial charge in [-0.25, -0.2) is 9.97 Å². The van der Waals surface area contributed by atoms with E-state index in [2.05, 4.69) is 20.6 Å². The average molecular weight is 419 g/mol. The molecule has 2 N–H and O–H groups in total. The number of hydrogen-bond donors (Lipinski definition) is 2. The quantitative estimate of drug-likeness (QED) is 0.778. The maximum Gasteiger partial charge on any atom is 0.417 e. The molecular weight excluding hydrogens is 399 g/mol. The van der Waals surface area contributed by atoms with Gasteiger partial charge in [0.05, 0.1) is 5.56 Å². The van der Waals surface area contributed by atoms with Gasteiger partial charge in [-0.05, 0) is 43.5 Å². The van der Waals surface area contributed by atoms with Crippen molar-refractivity contribution < 1.29 is 22.8 Å². The molecule has 2 aromatic rings. The zero-order valence-corrected chi connectivity index (χ0v) is 15.9. The minimum atomic E-state index is -4.42. The molecule has 1 atom stereocenters. The second-order valence-electron chi connectivity index (χ2n) is 7.50. The topological polar surface area (TPSA) is 87.2 Å². The lowest BCUT2D eigenvalue weighted by Gasteiger charge is -2.18. The van der Waals surface area contributed by atoms with E-state index in [-0.39, 0.29) is 23.8 Å². The number of alkyl halides is 3. The largest absolute Gasteiger partial charge is 0.417 e. The Bertz CT molecular complexity index is 944. The van der Waals surface area contributed by atoms with Crippen LogP contribution in [0.15, 0.2) is 36.7 Å². The van der Waals surface area contributed by atoms with Crippen LogP contribution in [0.25, 0.3) is 0 Å². The molecule has 1 aliphatic carbocycles. The van der Waals surface area contributed by atoms with Crippen molar-refractivity contribution in [3.8, 4) is 0 Å². The molecule has 0 radical (unpaired) electrons. The summed E-state index contributed by atoms with van der Waals surface area (Å²) in [5, 5.41) is 5.63. The Labute approximate surface area is 170 Å². The minimum Gasteiger partial charge on any atom is -0.354 e. The number of rotatable bonds is 5. The smallest absolute Gasteiger partial charge is 0.354 e. The summed E-state index contributed by atoms with van der Waals surface area (Å²) in [6, 6.07) is 5.26. The Hall–Kier alpha value is -3.17. The van der Waals surface area contributed by atoms with Crippen LogP contribution in [0.4, 0.5) is 24.8 Å². The van der Waals surface area contributed by atoms with Gasteiger partial charge in [-0.2, -0.15) is 13.2 Å². The molecule has 1 aliphatic heterocycles. The SMILES string of the molecule is O=C(NC1CCN(c2ccc(C(F)(F)F)cn2)C1)c1ccnc(NC(=O)C2CC2)c1. The molecule has 0 aromatic carbocycles. The molecule has 1 saturated heterocycles. The fraction of sp³-hybridized carbons (Fsp3) is 0.400. The Morgan fingerprint density at radius 2 is 1.90 bits per heavy atom. The molecule has 30 heavy (non-hydrogen) atoms. The van der Waals surface area contributed by atoms with Gasteiger partial charge >= 0.3 is 6.18 Å². The molecule has 2 fully saturated rings. The lowest BCUT2D eigenvalue weighted by Crippen LogP contribution is -2.37. The van der Waals surface area contributed by atoms with Crippen molar-refractivity contribution in [2.45, 2.75) is 31.5 Å². The van der Waals surface area contributed by atoms with Crippen molar-refractivity contribution in [2.75, 3.05) is 23.3 Å². The first-order valence-electron chi connectivity index (χ1n) is 9.65. The highest BCUT2D eigenvalue weighted by Crippen LogP contribution is 2.30. The fourth-order valence-electron chi connectivity index (χ4n) is 3.31. The highest BCUT2D eigenvalue weighted by atomic mass is 19.4. The first kappa shape index (κ1) is 20.1. The summed E-state index contributed by atoms with van der Waals surface area (Å²) in [6.07, 6.45) is 0.246. The molecule has 1 unspecified atom stereocenters. The van der Waals surface area contributed by atoms with Crippen molar-refractivity contribution in [3.05, 3.63) is 47.8 Å². The van der Waals surface area contributed by atoms with Crippen molar-refractivity contribution in [1.82, 2.24) is 15.3 Å². The molecule has 2 aliphatic rings. The Balaban J connectivity index is 1.34. The molecule has 0 spiro atoms. The number of nitrogens with zero attached hydrogens (tertiary/aromatic N) is 3. The van der Waals surface area contributed by atoms with Gasteiger partial charge in [0.25, 0.3) is 5.91 Å². The molecule has 3 heterocycles. The number of nitrogens with one attached hydrogen (secondary N) is 2.